The molecule has 0 aliphatic carbocycles. The van der Waals surface area contributed by atoms with Crippen LogP contribution < -0.4 is 9.80 Å². The standard InChI is InChI=1S/C22H29N3OS/c1-17-13-14-25(20-7-5-6-8-21(20)27-17)22(26)16-24(4)15-18-9-11-19(12-10-18)23(2)3/h5-12,17H,13-16H2,1-4H3/t17-/m1/s1. The Labute approximate surface area is 167 Å². The van der Waals surface area contributed by atoms with Gasteiger partial charge in [0.2, 0.25) is 5.91 Å². The lowest BCUT2D eigenvalue weighted by molar-refractivity contribution is -0.119. The zero-order valence-electron chi connectivity index (χ0n) is 16.7. The highest BCUT2D eigenvalue weighted by molar-refractivity contribution is 8.00. The third kappa shape index (κ3) is 5.05. The Hall–Kier alpha value is -1.98. The summed E-state index contributed by atoms with van der Waals surface area (Å²) in [5, 5.41) is 0.525. The van der Waals surface area contributed by atoms with Crippen molar-refractivity contribution in [3.05, 3.63) is 54.1 Å². The van der Waals surface area contributed by atoms with Crippen LogP contribution in [0.15, 0.2) is 53.4 Å². The zero-order chi connectivity index (χ0) is 19.4. The van der Waals surface area contributed by atoms with Crippen molar-refractivity contribution in [2.45, 2.75) is 30.0 Å². The maximum absolute atomic E-state index is 13.0. The first kappa shape index (κ1) is 19.8. The first-order chi connectivity index (χ1) is 12.9. The molecule has 27 heavy (non-hydrogen) atoms. The lowest BCUT2D eigenvalue weighted by atomic mass is 10.2. The molecule has 144 valence electrons. The average Bonchev–Trinajstić information content (AvgIpc) is 2.80. The van der Waals surface area contributed by atoms with Gasteiger partial charge in [0.15, 0.2) is 0 Å². The molecule has 0 aromatic heterocycles. The van der Waals surface area contributed by atoms with E-state index in [1.165, 1.54) is 16.1 Å². The fourth-order valence-electron chi connectivity index (χ4n) is 3.33. The van der Waals surface area contributed by atoms with E-state index in [9.17, 15) is 4.79 Å². The smallest absolute Gasteiger partial charge is 0.241 e. The molecule has 0 saturated carbocycles. The Kier molecular flexibility index (Phi) is 6.45. The van der Waals surface area contributed by atoms with Gasteiger partial charge in [0.25, 0.3) is 0 Å². The summed E-state index contributed by atoms with van der Waals surface area (Å²) < 4.78 is 0. The van der Waals surface area contributed by atoms with E-state index >= 15 is 0 Å². The van der Waals surface area contributed by atoms with Crippen molar-refractivity contribution in [3.63, 3.8) is 0 Å². The van der Waals surface area contributed by atoms with E-state index in [-0.39, 0.29) is 5.91 Å². The molecule has 1 aliphatic heterocycles. The number of anilines is 2. The van der Waals surface area contributed by atoms with Crippen molar-refractivity contribution >= 4 is 29.0 Å². The predicted molar refractivity (Wildman–Crippen MR) is 116 cm³/mol. The van der Waals surface area contributed by atoms with Gasteiger partial charge in [-0.1, -0.05) is 31.2 Å². The van der Waals surface area contributed by atoms with E-state index in [1.807, 2.05) is 43.9 Å². The maximum Gasteiger partial charge on any atom is 0.241 e. The number of hydrogen-bond donors (Lipinski definition) is 0. The van der Waals surface area contributed by atoms with Crippen LogP contribution >= 0.6 is 11.8 Å². The third-order valence-electron chi connectivity index (χ3n) is 4.85. The second-order valence-electron chi connectivity index (χ2n) is 7.46. The van der Waals surface area contributed by atoms with Crippen LogP contribution in [0.1, 0.15) is 18.9 Å². The second kappa shape index (κ2) is 8.81. The molecule has 0 unspecified atom stereocenters. The first-order valence-electron chi connectivity index (χ1n) is 9.45. The van der Waals surface area contributed by atoms with Crippen LogP contribution in [0.25, 0.3) is 0 Å². The van der Waals surface area contributed by atoms with Crippen LogP contribution in [0.2, 0.25) is 0 Å². The van der Waals surface area contributed by atoms with Crippen molar-refractivity contribution < 1.29 is 4.79 Å². The van der Waals surface area contributed by atoms with Crippen molar-refractivity contribution in [1.29, 1.82) is 0 Å². The molecule has 0 saturated heterocycles. The number of carbonyl (C=O) groups is 1. The van der Waals surface area contributed by atoms with E-state index in [0.29, 0.717) is 11.8 Å². The van der Waals surface area contributed by atoms with Gasteiger partial charge in [-0.05, 0) is 43.3 Å². The van der Waals surface area contributed by atoms with Gasteiger partial charge in [0.1, 0.15) is 0 Å². The fraction of sp³-hybridized carbons (Fsp3) is 0.409. The second-order valence-corrected chi connectivity index (χ2v) is 8.94. The number of benzene rings is 2. The van der Waals surface area contributed by atoms with Gasteiger partial charge in [-0.2, -0.15) is 0 Å². The van der Waals surface area contributed by atoms with Crippen molar-refractivity contribution in [3.8, 4) is 0 Å². The van der Waals surface area contributed by atoms with Gasteiger partial charge >= 0.3 is 0 Å². The number of hydrogen-bond acceptors (Lipinski definition) is 4. The third-order valence-corrected chi connectivity index (χ3v) is 6.09. The molecule has 0 bridgehead atoms. The molecule has 1 aliphatic rings. The fourth-order valence-corrected chi connectivity index (χ4v) is 4.44. The SMILES string of the molecule is C[C@@H]1CCN(C(=O)CN(C)Cc2ccc(N(C)C)cc2)c2ccccc2S1. The molecule has 0 radical (unpaired) electrons. The van der Waals surface area contributed by atoms with E-state index in [4.69, 9.17) is 0 Å². The van der Waals surface area contributed by atoms with E-state index in [1.54, 1.807) is 0 Å². The number of amides is 1. The Balaban J connectivity index is 1.66. The molecule has 2 aromatic carbocycles. The summed E-state index contributed by atoms with van der Waals surface area (Å²) in [6.45, 7) is 4.21. The van der Waals surface area contributed by atoms with Crippen LogP contribution in [0.4, 0.5) is 11.4 Å². The monoisotopic (exact) mass is 383 g/mol. The van der Waals surface area contributed by atoms with Gasteiger partial charge in [-0.25, -0.2) is 0 Å². The Bertz CT molecular complexity index is 775. The molecular weight excluding hydrogens is 354 g/mol. The summed E-state index contributed by atoms with van der Waals surface area (Å²) in [6.07, 6.45) is 1.01. The van der Waals surface area contributed by atoms with Crippen molar-refractivity contribution in [2.24, 2.45) is 0 Å². The summed E-state index contributed by atoms with van der Waals surface area (Å²) in [4.78, 5) is 20.4. The molecule has 4 nitrogen and oxygen atoms in total. The van der Waals surface area contributed by atoms with Crippen LogP contribution in [0.5, 0.6) is 0 Å². The number of nitrogens with zero attached hydrogens (tertiary/aromatic N) is 3. The molecule has 2 aromatic rings. The average molecular weight is 384 g/mol. The predicted octanol–water partition coefficient (Wildman–Crippen LogP) is 4.10. The molecular formula is C22H29N3OS. The minimum atomic E-state index is 0.171. The molecule has 1 amide bonds. The lowest BCUT2D eigenvalue weighted by Crippen LogP contribution is -2.39. The van der Waals surface area contributed by atoms with Crippen LogP contribution in [-0.2, 0) is 11.3 Å². The topological polar surface area (TPSA) is 26.8 Å². The minimum absolute atomic E-state index is 0.171. The van der Waals surface area contributed by atoms with Gasteiger partial charge in [0, 0.05) is 43.0 Å². The van der Waals surface area contributed by atoms with Crippen molar-refractivity contribution in [1.82, 2.24) is 4.90 Å². The normalized spacial score (nSPS) is 16.8. The van der Waals surface area contributed by atoms with E-state index in [0.717, 1.165) is 25.2 Å². The van der Waals surface area contributed by atoms with E-state index in [2.05, 4.69) is 59.2 Å². The summed E-state index contributed by atoms with van der Waals surface area (Å²) in [7, 11) is 6.09. The Morgan fingerprint density at radius 3 is 2.52 bits per heavy atom. The number of para-hydroxylation sites is 1. The molecule has 0 spiro atoms. The number of fused-ring (bicyclic) bond motifs is 1. The van der Waals surface area contributed by atoms with Crippen LogP contribution in [-0.4, -0.2) is 50.3 Å². The highest BCUT2D eigenvalue weighted by Gasteiger charge is 2.24. The first-order valence-corrected chi connectivity index (χ1v) is 10.3. The number of rotatable bonds is 5. The summed E-state index contributed by atoms with van der Waals surface area (Å²) in [5.74, 6) is 0.171. The quantitative estimate of drug-likeness (QED) is 0.777. The van der Waals surface area contributed by atoms with Crippen molar-refractivity contribution in [2.75, 3.05) is 44.0 Å². The molecule has 1 atom stereocenters. The number of likely N-dealkylation sites (N-methyl/N-ethyl adjacent to an activating group) is 1. The zero-order valence-corrected chi connectivity index (χ0v) is 17.5. The van der Waals surface area contributed by atoms with Gasteiger partial charge in [-0.15, -0.1) is 11.8 Å². The van der Waals surface area contributed by atoms with Gasteiger partial charge in [0.05, 0.1) is 12.2 Å². The summed E-state index contributed by atoms with van der Waals surface area (Å²) in [6, 6.07) is 16.8. The summed E-state index contributed by atoms with van der Waals surface area (Å²) in [5.41, 5.74) is 3.46. The highest BCUT2D eigenvalue weighted by atomic mass is 32.2. The summed E-state index contributed by atoms with van der Waals surface area (Å²) >= 11 is 1.87. The number of thioether (sulfide) groups is 1. The largest absolute Gasteiger partial charge is 0.378 e. The minimum Gasteiger partial charge on any atom is -0.378 e. The van der Waals surface area contributed by atoms with E-state index < -0.39 is 0 Å². The maximum atomic E-state index is 13.0. The number of carbonyl (C=O) groups excluding carboxylic acids is 1. The molecule has 3 rings (SSSR count). The molecule has 0 N–H and O–H groups in total. The Morgan fingerprint density at radius 2 is 1.81 bits per heavy atom. The molecule has 1 heterocycles. The van der Waals surface area contributed by atoms with Gasteiger partial charge < -0.3 is 9.80 Å². The van der Waals surface area contributed by atoms with Crippen LogP contribution in [0, 0.1) is 0 Å². The van der Waals surface area contributed by atoms with Gasteiger partial charge in [-0.3, -0.25) is 9.69 Å². The lowest BCUT2D eigenvalue weighted by Gasteiger charge is -2.25. The molecule has 5 heteroatoms. The van der Waals surface area contributed by atoms with Crippen LogP contribution in [0.3, 0.4) is 0 Å². The molecule has 0 fully saturated rings. The Morgan fingerprint density at radius 1 is 1.11 bits per heavy atom. The highest BCUT2D eigenvalue weighted by Crippen LogP contribution is 2.37.